The summed E-state index contributed by atoms with van der Waals surface area (Å²) in [4.78, 5) is 28.7. The Morgan fingerprint density at radius 3 is 2.14 bits per heavy atom. The van der Waals surface area contributed by atoms with Crippen molar-refractivity contribution in [1.29, 1.82) is 0 Å². The lowest BCUT2D eigenvalue weighted by Crippen LogP contribution is -2.46. The van der Waals surface area contributed by atoms with Crippen LogP contribution in [0.25, 0.3) is 0 Å². The first kappa shape index (κ1) is 40.7. The molecule has 274 valence electrons. The Kier molecular flexibility index (Phi) is 15.0. The standard InChI is InChI=1S/C37H50F2N4O6S/c1-6-12-43(13-7-2)35(45)28-18-29(20-32(19-28)50(47,48)42-37(4,5)24-44)36(46)49-34(23-41-22-26-11-9-10-25(8-3)14-26)33(40)17-27-15-30(38)21-31(39)16-27/h9-11,14-16,18-21,33-34,41-42,44H,6-8,12-13,17,22-24,40H2,1-5H3/t33-,34+/m0/s1. The van der Waals surface area contributed by atoms with Crippen LogP contribution in [0.4, 0.5) is 8.78 Å². The molecule has 3 rings (SSSR count). The van der Waals surface area contributed by atoms with Gasteiger partial charge in [-0.2, -0.15) is 0 Å². The molecule has 0 aliphatic heterocycles. The number of nitrogens with one attached hydrogen (secondary N) is 2. The van der Waals surface area contributed by atoms with Crippen molar-refractivity contribution in [1.82, 2.24) is 14.9 Å². The van der Waals surface area contributed by atoms with Crippen LogP contribution in [0.2, 0.25) is 0 Å². The van der Waals surface area contributed by atoms with Crippen molar-refractivity contribution in [2.45, 2.75) is 89.4 Å². The number of sulfonamides is 1. The van der Waals surface area contributed by atoms with Crippen LogP contribution in [0.3, 0.4) is 0 Å². The molecule has 0 spiro atoms. The number of nitrogens with two attached hydrogens (primary N) is 1. The quantitative estimate of drug-likeness (QED) is 0.130. The number of carbonyl (C=O) groups is 2. The molecule has 1 amide bonds. The lowest BCUT2D eigenvalue weighted by molar-refractivity contribution is 0.0237. The van der Waals surface area contributed by atoms with Crippen molar-refractivity contribution >= 4 is 21.9 Å². The lowest BCUT2D eigenvalue weighted by Gasteiger charge is -2.26. The highest BCUT2D eigenvalue weighted by Crippen LogP contribution is 2.22. The summed E-state index contributed by atoms with van der Waals surface area (Å²) in [5.41, 5.74) is 7.42. The fraction of sp³-hybridized carbons (Fsp3) is 0.459. The second-order valence-electron chi connectivity index (χ2n) is 13.1. The summed E-state index contributed by atoms with van der Waals surface area (Å²) in [6.07, 6.45) is 1.10. The second-order valence-corrected chi connectivity index (χ2v) is 14.8. The Hall–Kier alpha value is -3.75. The van der Waals surface area contributed by atoms with Crippen molar-refractivity contribution < 1.29 is 36.6 Å². The minimum Gasteiger partial charge on any atom is -0.456 e. The van der Waals surface area contributed by atoms with Crippen molar-refractivity contribution in [3.05, 3.63) is 100 Å². The number of aliphatic hydroxyl groups excluding tert-OH is 1. The molecule has 0 heterocycles. The summed E-state index contributed by atoms with van der Waals surface area (Å²) in [5, 5.41) is 13.0. The molecule has 5 N–H and O–H groups in total. The van der Waals surface area contributed by atoms with E-state index in [-0.39, 0.29) is 34.6 Å². The van der Waals surface area contributed by atoms with Crippen LogP contribution in [0.5, 0.6) is 0 Å². The van der Waals surface area contributed by atoms with E-state index in [0.717, 1.165) is 41.8 Å². The highest BCUT2D eigenvalue weighted by Gasteiger charge is 2.30. The van der Waals surface area contributed by atoms with Gasteiger partial charge in [0, 0.05) is 43.9 Å². The molecule has 0 aliphatic rings. The highest BCUT2D eigenvalue weighted by atomic mass is 32.2. The van der Waals surface area contributed by atoms with E-state index in [4.69, 9.17) is 10.5 Å². The van der Waals surface area contributed by atoms with Gasteiger partial charge in [0.05, 0.1) is 22.6 Å². The van der Waals surface area contributed by atoms with Crippen molar-refractivity contribution in [3.8, 4) is 0 Å². The summed E-state index contributed by atoms with van der Waals surface area (Å²) in [6.45, 7) is 9.64. The van der Waals surface area contributed by atoms with Crippen LogP contribution in [0.1, 0.15) is 84.9 Å². The molecule has 3 aromatic carbocycles. The Balaban J connectivity index is 2.01. The normalized spacial score (nSPS) is 13.1. The number of benzene rings is 3. The van der Waals surface area contributed by atoms with Gasteiger partial charge in [0.15, 0.2) is 0 Å². The molecule has 0 fully saturated rings. The van der Waals surface area contributed by atoms with Gasteiger partial charge in [-0.1, -0.05) is 45.0 Å². The first-order chi connectivity index (χ1) is 23.6. The van der Waals surface area contributed by atoms with Gasteiger partial charge < -0.3 is 25.8 Å². The Morgan fingerprint density at radius 2 is 1.54 bits per heavy atom. The molecule has 2 atom stereocenters. The zero-order valence-electron chi connectivity index (χ0n) is 29.5. The number of aryl methyl sites for hydroxylation is 1. The van der Waals surface area contributed by atoms with Gasteiger partial charge in [-0.3, -0.25) is 4.79 Å². The van der Waals surface area contributed by atoms with E-state index in [1.807, 2.05) is 45.0 Å². The average molecular weight is 717 g/mol. The molecule has 3 aromatic rings. The molecule has 50 heavy (non-hydrogen) atoms. The number of carbonyl (C=O) groups excluding carboxylic acids is 2. The predicted octanol–water partition coefficient (Wildman–Crippen LogP) is 4.72. The summed E-state index contributed by atoms with van der Waals surface area (Å²) >= 11 is 0. The Bertz CT molecular complexity index is 1690. The smallest absolute Gasteiger partial charge is 0.338 e. The molecule has 0 aromatic heterocycles. The monoisotopic (exact) mass is 716 g/mol. The minimum absolute atomic E-state index is 0.0338. The molecule has 0 unspecified atom stereocenters. The summed E-state index contributed by atoms with van der Waals surface area (Å²) in [7, 11) is -4.33. The third-order valence-electron chi connectivity index (χ3n) is 7.98. The number of amides is 1. The molecule has 0 saturated carbocycles. The van der Waals surface area contributed by atoms with Gasteiger partial charge in [0.1, 0.15) is 17.7 Å². The van der Waals surface area contributed by atoms with Crippen molar-refractivity contribution in [2.75, 3.05) is 26.2 Å². The van der Waals surface area contributed by atoms with Crippen LogP contribution in [-0.2, 0) is 34.1 Å². The molecule has 0 bridgehead atoms. The lowest BCUT2D eigenvalue weighted by atomic mass is 10.0. The number of nitrogens with zero attached hydrogens (tertiary/aromatic N) is 1. The van der Waals surface area contributed by atoms with Crippen LogP contribution in [-0.4, -0.2) is 74.2 Å². The number of esters is 1. The molecular weight excluding hydrogens is 666 g/mol. The van der Waals surface area contributed by atoms with E-state index in [9.17, 15) is 31.9 Å². The van der Waals surface area contributed by atoms with E-state index < -0.39 is 57.8 Å². The number of rotatable bonds is 19. The number of hydrogen-bond acceptors (Lipinski definition) is 8. The van der Waals surface area contributed by atoms with Gasteiger partial charge in [-0.15, -0.1) is 0 Å². The van der Waals surface area contributed by atoms with Gasteiger partial charge in [-0.25, -0.2) is 26.7 Å². The molecule has 0 saturated heterocycles. The Labute approximate surface area is 294 Å². The van der Waals surface area contributed by atoms with Crippen LogP contribution in [0, 0.1) is 11.6 Å². The summed E-state index contributed by atoms with van der Waals surface area (Å²) in [5.74, 6) is -2.96. The third-order valence-corrected chi connectivity index (χ3v) is 9.66. The number of halogens is 2. The number of aliphatic hydroxyl groups is 1. The summed E-state index contributed by atoms with van der Waals surface area (Å²) < 4.78 is 63.3. The van der Waals surface area contributed by atoms with E-state index in [1.165, 1.54) is 26.0 Å². The first-order valence-corrected chi connectivity index (χ1v) is 18.4. The van der Waals surface area contributed by atoms with E-state index in [2.05, 4.69) is 10.0 Å². The molecule has 0 radical (unpaired) electrons. The maximum Gasteiger partial charge on any atom is 0.338 e. The minimum atomic E-state index is -4.33. The maximum atomic E-state index is 14.0. The maximum absolute atomic E-state index is 14.0. The van der Waals surface area contributed by atoms with Gasteiger partial charge in [0.25, 0.3) is 5.91 Å². The second kappa shape index (κ2) is 18.5. The zero-order valence-corrected chi connectivity index (χ0v) is 30.3. The van der Waals surface area contributed by atoms with Crippen molar-refractivity contribution in [2.24, 2.45) is 5.73 Å². The van der Waals surface area contributed by atoms with E-state index in [1.54, 1.807) is 4.90 Å². The number of ether oxygens (including phenoxy) is 1. The zero-order chi connectivity index (χ0) is 37.1. The average Bonchev–Trinajstić information content (AvgIpc) is 3.06. The van der Waals surface area contributed by atoms with Crippen molar-refractivity contribution in [3.63, 3.8) is 0 Å². The van der Waals surface area contributed by atoms with E-state index >= 15 is 0 Å². The van der Waals surface area contributed by atoms with Gasteiger partial charge in [-0.05, 0) is 86.6 Å². The first-order valence-electron chi connectivity index (χ1n) is 16.9. The Morgan fingerprint density at radius 1 is 0.920 bits per heavy atom. The van der Waals surface area contributed by atoms with Gasteiger partial charge in [0.2, 0.25) is 10.0 Å². The van der Waals surface area contributed by atoms with Crippen LogP contribution >= 0.6 is 0 Å². The SMILES string of the molecule is CCCN(CCC)C(=O)c1cc(C(=O)O[C@H](CNCc2cccc(CC)c2)[C@@H](N)Cc2cc(F)cc(F)c2)cc(S(=O)(=O)NC(C)(C)CO)c1. The van der Waals surface area contributed by atoms with E-state index in [0.29, 0.717) is 32.5 Å². The predicted molar refractivity (Wildman–Crippen MR) is 189 cm³/mol. The fourth-order valence-corrected chi connectivity index (χ4v) is 6.90. The molecule has 13 heteroatoms. The highest BCUT2D eigenvalue weighted by molar-refractivity contribution is 7.89. The third kappa shape index (κ3) is 11.9. The number of hydrogen-bond donors (Lipinski definition) is 4. The molecule has 0 aliphatic carbocycles. The van der Waals surface area contributed by atoms with Gasteiger partial charge >= 0.3 is 5.97 Å². The van der Waals surface area contributed by atoms with Crippen LogP contribution in [0.15, 0.2) is 65.6 Å². The van der Waals surface area contributed by atoms with Crippen LogP contribution < -0.4 is 15.8 Å². The fourth-order valence-electron chi connectivity index (χ4n) is 5.42. The topological polar surface area (TPSA) is 151 Å². The molecular formula is C37H50F2N4O6S. The largest absolute Gasteiger partial charge is 0.456 e. The summed E-state index contributed by atoms with van der Waals surface area (Å²) in [6, 6.07) is 13.6. The molecule has 10 nitrogen and oxygen atoms in total.